The maximum atomic E-state index is 4.85. The van der Waals surface area contributed by atoms with Crippen molar-refractivity contribution in [1.82, 2.24) is 15.2 Å². The Labute approximate surface area is 114 Å². The fraction of sp³-hybridized carbons (Fsp3) is 0.786. The van der Waals surface area contributed by atoms with E-state index < -0.39 is 0 Å². The summed E-state index contributed by atoms with van der Waals surface area (Å²) < 4.78 is 0. The van der Waals surface area contributed by atoms with Gasteiger partial charge >= 0.3 is 0 Å². The van der Waals surface area contributed by atoms with Crippen LogP contribution in [0.3, 0.4) is 0 Å². The molecule has 1 saturated carbocycles. The molecule has 0 radical (unpaired) electrons. The Hall–Kier alpha value is -0.450. The molecule has 3 nitrogen and oxygen atoms in total. The van der Waals surface area contributed by atoms with Gasteiger partial charge in [0.05, 0.1) is 11.2 Å². The molecular formula is C14H23N3S. The lowest BCUT2D eigenvalue weighted by Crippen LogP contribution is -2.51. The molecule has 1 N–H and O–H groups in total. The van der Waals surface area contributed by atoms with Gasteiger partial charge in [-0.05, 0) is 46.6 Å². The minimum Gasteiger partial charge on any atom is -0.306 e. The molecule has 1 aromatic heterocycles. The van der Waals surface area contributed by atoms with Gasteiger partial charge in [0.25, 0.3) is 0 Å². The van der Waals surface area contributed by atoms with Crippen molar-refractivity contribution in [3.63, 3.8) is 0 Å². The van der Waals surface area contributed by atoms with Crippen molar-refractivity contribution in [3.05, 3.63) is 15.6 Å². The topological polar surface area (TPSA) is 28.2 Å². The van der Waals surface area contributed by atoms with Gasteiger partial charge in [-0.3, -0.25) is 0 Å². The molecule has 2 aliphatic rings. The summed E-state index contributed by atoms with van der Waals surface area (Å²) >= 11 is 1.90. The van der Waals surface area contributed by atoms with Gasteiger partial charge in [-0.1, -0.05) is 0 Å². The number of nitrogens with one attached hydrogen (secondary N) is 1. The minimum absolute atomic E-state index is 0.164. The normalized spacial score (nSPS) is 24.4. The SMILES string of the molecule is Cc1nc(C2(NC3CC3)CCN(C)CC2)sc1C. The van der Waals surface area contributed by atoms with E-state index in [0.717, 1.165) is 6.04 Å². The van der Waals surface area contributed by atoms with Gasteiger partial charge in [0.2, 0.25) is 0 Å². The van der Waals surface area contributed by atoms with Crippen LogP contribution >= 0.6 is 11.3 Å². The molecule has 0 aromatic carbocycles. The Morgan fingerprint density at radius 2 is 1.94 bits per heavy atom. The van der Waals surface area contributed by atoms with E-state index >= 15 is 0 Å². The molecule has 1 saturated heterocycles. The number of thiazole rings is 1. The molecule has 0 amide bonds. The summed E-state index contributed by atoms with van der Waals surface area (Å²) in [6.45, 7) is 6.68. The second-order valence-electron chi connectivity index (χ2n) is 5.96. The van der Waals surface area contributed by atoms with Crippen molar-refractivity contribution in [2.24, 2.45) is 0 Å². The van der Waals surface area contributed by atoms with Crippen molar-refractivity contribution in [3.8, 4) is 0 Å². The predicted molar refractivity (Wildman–Crippen MR) is 76.2 cm³/mol. The third kappa shape index (κ3) is 2.33. The number of aryl methyl sites for hydroxylation is 2. The molecule has 0 bridgehead atoms. The Morgan fingerprint density at radius 1 is 1.28 bits per heavy atom. The van der Waals surface area contributed by atoms with Crippen LogP contribution in [-0.4, -0.2) is 36.1 Å². The van der Waals surface area contributed by atoms with Crippen molar-refractivity contribution >= 4 is 11.3 Å². The van der Waals surface area contributed by atoms with E-state index in [0.29, 0.717) is 0 Å². The van der Waals surface area contributed by atoms with Gasteiger partial charge < -0.3 is 10.2 Å². The van der Waals surface area contributed by atoms with Crippen molar-refractivity contribution in [1.29, 1.82) is 0 Å². The Kier molecular flexibility index (Phi) is 3.20. The Bertz CT molecular complexity index is 409. The summed E-state index contributed by atoms with van der Waals surface area (Å²) in [4.78, 5) is 8.66. The summed E-state index contributed by atoms with van der Waals surface area (Å²) in [7, 11) is 2.22. The molecule has 1 aromatic rings. The number of hydrogen-bond donors (Lipinski definition) is 1. The van der Waals surface area contributed by atoms with Gasteiger partial charge in [0.1, 0.15) is 5.01 Å². The molecule has 3 rings (SSSR count). The van der Waals surface area contributed by atoms with E-state index in [4.69, 9.17) is 4.98 Å². The van der Waals surface area contributed by atoms with Crippen molar-refractivity contribution < 1.29 is 0 Å². The summed E-state index contributed by atoms with van der Waals surface area (Å²) in [6.07, 6.45) is 5.10. The standard InChI is InChI=1S/C14H23N3S/c1-10-11(2)18-13(15-10)14(16-12-4-5-12)6-8-17(3)9-7-14/h12,16H,4-9H2,1-3H3. The average molecular weight is 265 g/mol. The van der Waals surface area contributed by atoms with Crippen LogP contribution in [0.4, 0.5) is 0 Å². The average Bonchev–Trinajstić information content (AvgIpc) is 3.09. The maximum Gasteiger partial charge on any atom is 0.113 e. The monoisotopic (exact) mass is 265 g/mol. The lowest BCUT2D eigenvalue weighted by atomic mass is 9.88. The Balaban J connectivity index is 1.88. The highest BCUT2D eigenvalue weighted by Gasteiger charge is 2.41. The van der Waals surface area contributed by atoms with Gasteiger partial charge in [-0.2, -0.15) is 0 Å². The van der Waals surface area contributed by atoms with Crippen LogP contribution in [0.5, 0.6) is 0 Å². The zero-order chi connectivity index (χ0) is 12.8. The minimum atomic E-state index is 0.164. The molecule has 0 atom stereocenters. The lowest BCUT2D eigenvalue weighted by Gasteiger charge is -2.40. The number of likely N-dealkylation sites (tertiary alicyclic amines) is 1. The molecule has 18 heavy (non-hydrogen) atoms. The van der Waals surface area contributed by atoms with Gasteiger partial charge in [0, 0.05) is 24.0 Å². The fourth-order valence-electron chi connectivity index (χ4n) is 2.72. The van der Waals surface area contributed by atoms with Crippen LogP contribution in [0.1, 0.15) is 41.3 Å². The predicted octanol–water partition coefficient (Wildman–Crippen LogP) is 2.43. The first-order chi connectivity index (χ1) is 8.59. The van der Waals surface area contributed by atoms with Crippen LogP contribution in [-0.2, 0) is 5.54 Å². The first-order valence-electron chi connectivity index (χ1n) is 7.00. The van der Waals surface area contributed by atoms with Gasteiger partial charge in [-0.15, -0.1) is 11.3 Å². The second-order valence-corrected chi connectivity index (χ2v) is 7.17. The molecule has 2 fully saturated rings. The van der Waals surface area contributed by atoms with E-state index in [1.165, 1.54) is 54.4 Å². The number of hydrogen-bond acceptors (Lipinski definition) is 4. The smallest absolute Gasteiger partial charge is 0.113 e. The van der Waals surface area contributed by atoms with Crippen molar-refractivity contribution in [2.45, 2.75) is 51.1 Å². The number of nitrogens with zero attached hydrogens (tertiary/aromatic N) is 2. The van der Waals surface area contributed by atoms with E-state index in [2.05, 4.69) is 31.1 Å². The Morgan fingerprint density at radius 3 is 2.44 bits per heavy atom. The summed E-state index contributed by atoms with van der Waals surface area (Å²) in [5.74, 6) is 0. The second kappa shape index (κ2) is 4.58. The van der Waals surface area contributed by atoms with Gasteiger partial charge in [-0.25, -0.2) is 4.98 Å². The van der Waals surface area contributed by atoms with Gasteiger partial charge in [0.15, 0.2) is 0 Å². The molecule has 0 unspecified atom stereocenters. The zero-order valence-electron chi connectivity index (χ0n) is 11.6. The number of piperidine rings is 1. The molecule has 0 spiro atoms. The third-order valence-electron chi connectivity index (χ3n) is 4.34. The molecule has 4 heteroatoms. The van der Waals surface area contributed by atoms with E-state index in [-0.39, 0.29) is 5.54 Å². The third-order valence-corrected chi connectivity index (χ3v) is 5.61. The summed E-state index contributed by atoms with van der Waals surface area (Å²) in [5.41, 5.74) is 1.38. The van der Waals surface area contributed by atoms with Crippen molar-refractivity contribution in [2.75, 3.05) is 20.1 Å². The molecular weight excluding hydrogens is 242 g/mol. The van der Waals surface area contributed by atoms with Crippen LogP contribution < -0.4 is 5.32 Å². The molecule has 2 heterocycles. The fourth-order valence-corrected chi connectivity index (χ4v) is 3.84. The summed E-state index contributed by atoms with van der Waals surface area (Å²) in [5, 5.41) is 5.24. The van der Waals surface area contributed by atoms with Crippen LogP contribution in [0.2, 0.25) is 0 Å². The van der Waals surface area contributed by atoms with Crippen LogP contribution in [0.25, 0.3) is 0 Å². The highest BCUT2D eigenvalue weighted by Crippen LogP contribution is 2.39. The lowest BCUT2D eigenvalue weighted by molar-refractivity contribution is 0.154. The maximum absolute atomic E-state index is 4.85. The number of rotatable bonds is 3. The highest BCUT2D eigenvalue weighted by molar-refractivity contribution is 7.11. The molecule has 1 aliphatic carbocycles. The first-order valence-corrected chi connectivity index (χ1v) is 7.81. The summed E-state index contributed by atoms with van der Waals surface area (Å²) in [6, 6.07) is 0.748. The first kappa shape index (κ1) is 12.6. The van der Waals surface area contributed by atoms with E-state index in [1.807, 2.05) is 11.3 Å². The highest BCUT2D eigenvalue weighted by atomic mass is 32.1. The quantitative estimate of drug-likeness (QED) is 0.910. The molecule has 1 aliphatic heterocycles. The molecule has 100 valence electrons. The van der Waals surface area contributed by atoms with E-state index in [1.54, 1.807) is 0 Å². The van der Waals surface area contributed by atoms with Crippen LogP contribution in [0, 0.1) is 13.8 Å². The zero-order valence-corrected chi connectivity index (χ0v) is 12.4. The van der Waals surface area contributed by atoms with Crippen LogP contribution in [0.15, 0.2) is 0 Å². The van der Waals surface area contributed by atoms with E-state index in [9.17, 15) is 0 Å². The largest absolute Gasteiger partial charge is 0.306 e. The number of aromatic nitrogens is 1.